The van der Waals surface area contributed by atoms with Crippen LogP contribution in [0.3, 0.4) is 0 Å². The van der Waals surface area contributed by atoms with E-state index in [1.807, 2.05) is 0 Å². The van der Waals surface area contributed by atoms with E-state index in [2.05, 4.69) is 13.2 Å². The highest BCUT2D eigenvalue weighted by Crippen LogP contribution is 2.05. The van der Waals surface area contributed by atoms with Crippen LogP contribution in [0.1, 0.15) is 0 Å². The standard InChI is InChI=1S/C9H9NO4/c1-3-5(11)7(9(10)14)8(13)6(12)4-2/h3-4,13H,1-2H2,(H2,10,14). The van der Waals surface area contributed by atoms with E-state index in [1.165, 1.54) is 0 Å². The van der Waals surface area contributed by atoms with Crippen molar-refractivity contribution >= 4 is 17.5 Å². The molecule has 3 N–H and O–H groups in total. The van der Waals surface area contributed by atoms with Gasteiger partial charge in [0.05, 0.1) is 0 Å². The van der Waals surface area contributed by atoms with Gasteiger partial charge in [-0.25, -0.2) is 0 Å². The first-order valence-electron chi connectivity index (χ1n) is 3.52. The summed E-state index contributed by atoms with van der Waals surface area (Å²) in [7, 11) is 0. The van der Waals surface area contributed by atoms with E-state index >= 15 is 0 Å². The minimum atomic E-state index is -1.19. The Kier molecular flexibility index (Phi) is 4.02. The smallest absolute Gasteiger partial charge is 0.256 e. The molecule has 14 heavy (non-hydrogen) atoms. The van der Waals surface area contributed by atoms with Crippen LogP contribution in [-0.4, -0.2) is 22.6 Å². The summed E-state index contributed by atoms with van der Waals surface area (Å²) in [5, 5.41) is 9.14. The highest BCUT2D eigenvalue weighted by Gasteiger charge is 2.21. The molecule has 5 nitrogen and oxygen atoms in total. The van der Waals surface area contributed by atoms with Crippen molar-refractivity contribution in [3.8, 4) is 0 Å². The summed E-state index contributed by atoms with van der Waals surface area (Å²) >= 11 is 0. The van der Waals surface area contributed by atoms with Crippen LogP contribution < -0.4 is 5.73 Å². The van der Waals surface area contributed by atoms with Crippen LogP contribution in [0.15, 0.2) is 36.6 Å². The Balaban J connectivity index is 5.48. The molecule has 0 aliphatic carbocycles. The number of carbonyl (C=O) groups is 3. The molecule has 0 aromatic heterocycles. The number of aliphatic hydroxyl groups is 1. The van der Waals surface area contributed by atoms with Crippen LogP contribution in [0.2, 0.25) is 0 Å². The van der Waals surface area contributed by atoms with Gasteiger partial charge < -0.3 is 10.8 Å². The van der Waals surface area contributed by atoms with E-state index in [9.17, 15) is 14.4 Å². The summed E-state index contributed by atoms with van der Waals surface area (Å²) in [6.45, 7) is 6.17. The first-order valence-corrected chi connectivity index (χ1v) is 3.52. The zero-order chi connectivity index (χ0) is 11.3. The SMILES string of the molecule is C=CC(=O)C(O)=C(C(N)=O)C(=O)C=C. The molecule has 74 valence electrons. The van der Waals surface area contributed by atoms with Gasteiger partial charge in [0.2, 0.25) is 5.78 Å². The molecule has 1 amide bonds. The summed E-state index contributed by atoms with van der Waals surface area (Å²) in [6.07, 6.45) is 1.53. The maximum atomic E-state index is 11.0. The molecule has 0 fully saturated rings. The fourth-order valence-corrected chi connectivity index (χ4v) is 0.677. The van der Waals surface area contributed by atoms with Crippen molar-refractivity contribution in [3.63, 3.8) is 0 Å². The molecule has 0 saturated carbocycles. The molecule has 0 aromatic carbocycles. The third-order valence-electron chi connectivity index (χ3n) is 1.33. The van der Waals surface area contributed by atoms with Gasteiger partial charge in [-0.2, -0.15) is 0 Å². The summed E-state index contributed by atoms with van der Waals surface area (Å²) in [4.78, 5) is 32.6. The van der Waals surface area contributed by atoms with Gasteiger partial charge in [-0.1, -0.05) is 13.2 Å². The van der Waals surface area contributed by atoms with Gasteiger partial charge in [0, 0.05) is 0 Å². The van der Waals surface area contributed by atoms with Crippen LogP contribution >= 0.6 is 0 Å². The number of carbonyl (C=O) groups excluding carboxylic acids is 3. The zero-order valence-electron chi connectivity index (χ0n) is 7.32. The molecule has 0 bridgehead atoms. The molecular weight excluding hydrogens is 186 g/mol. The van der Waals surface area contributed by atoms with Gasteiger partial charge in [0.1, 0.15) is 5.57 Å². The second kappa shape index (κ2) is 4.76. The zero-order valence-corrected chi connectivity index (χ0v) is 7.32. The Morgan fingerprint density at radius 2 is 1.50 bits per heavy atom. The average Bonchev–Trinajstić information content (AvgIpc) is 2.15. The van der Waals surface area contributed by atoms with Crippen molar-refractivity contribution in [1.82, 2.24) is 0 Å². The number of hydrogen-bond acceptors (Lipinski definition) is 4. The molecule has 0 spiro atoms. The average molecular weight is 195 g/mol. The number of rotatable bonds is 5. The normalized spacial score (nSPS) is 11.1. The third kappa shape index (κ3) is 2.41. The van der Waals surface area contributed by atoms with Gasteiger partial charge >= 0.3 is 0 Å². The van der Waals surface area contributed by atoms with E-state index in [0.717, 1.165) is 12.2 Å². The van der Waals surface area contributed by atoms with Crippen molar-refractivity contribution < 1.29 is 19.5 Å². The van der Waals surface area contributed by atoms with E-state index < -0.39 is 28.8 Å². The predicted molar refractivity (Wildman–Crippen MR) is 49.3 cm³/mol. The lowest BCUT2D eigenvalue weighted by Crippen LogP contribution is -2.23. The molecule has 0 heterocycles. The van der Waals surface area contributed by atoms with Crippen molar-refractivity contribution in [2.24, 2.45) is 5.73 Å². The molecule has 5 heteroatoms. The Bertz CT molecular complexity index is 352. The van der Waals surface area contributed by atoms with Gasteiger partial charge in [-0.3, -0.25) is 14.4 Å². The van der Waals surface area contributed by atoms with Gasteiger partial charge in [-0.15, -0.1) is 0 Å². The van der Waals surface area contributed by atoms with Crippen LogP contribution in [0.4, 0.5) is 0 Å². The first kappa shape index (κ1) is 11.8. The fraction of sp³-hybridized carbons (Fsp3) is 0. The number of amides is 1. The lowest BCUT2D eigenvalue weighted by atomic mass is 10.1. The fourth-order valence-electron chi connectivity index (χ4n) is 0.677. The highest BCUT2D eigenvalue weighted by atomic mass is 16.3. The Morgan fingerprint density at radius 3 is 1.79 bits per heavy atom. The number of ketones is 2. The molecule has 0 aliphatic heterocycles. The van der Waals surface area contributed by atoms with Crippen molar-refractivity contribution in [3.05, 3.63) is 36.6 Å². The first-order chi connectivity index (χ1) is 6.45. The predicted octanol–water partition coefficient (Wildman–Crippen LogP) is -0.206. The summed E-state index contributed by atoms with van der Waals surface area (Å²) < 4.78 is 0. The Morgan fingerprint density at radius 1 is 1.07 bits per heavy atom. The maximum Gasteiger partial charge on any atom is 0.256 e. The number of hydrogen-bond donors (Lipinski definition) is 2. The topological polar surface area (TPSA) is 97.5 Å². The number of allylic oxidation sites excluding steroid dienone is 2. The van der Waals surface area contributed by atoms with Crippen molar-refractivity contribution in [1.29, 1.82) is 0 Å². The molecular formula is C9H9NO4. The van der Waals surface area contributed by atoms with Gasteiger partial charge in [-0.05, 0) is 12.2 Å². The molecule has 0 radical (unpaired) electrons. The lowest BCUT2D eigenvalue weighted by molar-refractivity contribution is -0.121. The summed E-state index contributed by atoms with van der Waals surface area (Å²) in [5.41, 5.74) is 4.01. The molecule has 0 aromatic rings. The van der Waals surface area contributed by atoms with Crippen molar-refractivity contribution in [2.75, 3.05) is 0 Å². The summed E-state index contributed by atoms with van der Waals surface area (Å²) in [5.74, 6) is -4.07. The summed E-state index contributed by atoms with van der Waals surface area (Å²) in [6, 6.07) is 0. The van der Waals surface area contributed by atoms with Gasteiger partial charge in [0.25, 0.3) is 5.91 Å². The Labute approximate surface area is 80.2 Å². The number of nitrogens with two attached hydrogens (primary N) is 1. The number of primary amides is 1. The molecule has 0 aliphatic rings. The Hall–Kier alpha value is -2.17. The molecule has 0 rings (SSSR count). The van der Waals surface area contributed by atoms with Crippen LogP contribution in [0, 0.1) is 0 Å². The quantitative estimate of drug-likeness (QED) is 0.274. The molecule has 0 atom stereocenters. The molecule has 0 unspecified atom stereocenters. The van der Waals surface area contributed by atoms with Gasteiger partial charge in [0.15, 0.2) is 11.5 Å². The van der Waals surface area contributed by atoms with Crippen LogP contribution in [-0.2, 0) is 14.4 Å². The van der Waals surface area contributed by atoms with E-state index in [0.29, 0.717) is 0 Å². The highest BCUT2D eigenvalue weighted by molar-refractivity contribution is 6.27. The van der Waals surface area contributed by atoms with E-state index in [4.69, 9.17) is 10.8 Å². The van der Waals surface area contributed by atoms with E-state index in [-0.39, 0.29) is 0 Å². The molecule has 0 saturated heterocycles. The van der Waals surface area contributed by atoms with Crippen LogP contribution in [0.25, 0.3) is 0 Å². The second-order valence-electron chi connectivity index (χ2n) is 2.22. The minimum absolute atomic E-state index is 0.759. The largest absolute Gasteiger partial charge is 0.503 e. The lowest BCUT2D eigenvalue weighted by Gasteiger charge is -2.00. The maximum absolute atomic E-state index is 11.0. The monoisotopic (exact) mass is 195 g/mol. The minimum Gasteiger partial charge on any atom is -0.503 e. The van der Waals surface area contributed by atoms with E-state index in [1.54, 1.807) is 0 Å². The van der Waals surface area contributed by atoms with Crippen LogP contribution in [0.5, 0.6) is 0 Å². The number of aliphatic hydroxyl groups excluding tert-OH is 1. The third-order valence-corrected chi connectivity index (χ3v) is 1.33. The second-order valence-corrected chi connectivity index (χ2v) is 2.22. The van der Waals surface area contributed by atoms with Crippen molar-refractivity contribution in [2.45, 2.75) is 0 Å².